The maximum atomic E-state index is 15.1. The number of aliphatic carboxylic acids is 1. The molecule has 0 bridgehead atoms. The van der Waals surface area contributed by atoms with Gasteiger partial charge in [-0.15, -0.1) is 0 Å². The van der Waals surface area contributed by atoms with E-state index in [1.54, 1.807) is 11.1 Å². The summed E-state index contributed by atoms with van der Waals surface area (Å²) in [6, 6.07) is 3.21. The van der Waals surface area contributed by atoms with Gasteiger partial charge in [0.05, 0.1) is 5.69 Å². The molecule has 9 heteroatoms. The van der Waals surface area contributed by atoms with Crippen LogP contribution in [0, 0.1) is 5.92 Å². The number of aryl methyl sites for hydroxylation is 2. The van der Waals surface area contributed by atoms with Crippen LogP contribution in [0.2, 0.25) is 0 Å². The van der Waals surface area contributed by atoms with Crippen LogP contribution in [0.15, 0.2) is 24.7 Å². The minimum Gasteiger partial charge on any atom is -0.480 e. The van der Waals surface area contributed by atoms with Crippen molar-refractivity contribution in [2.75, 3.05) is 25.0 Å². The molecular weight excluding hydrogens is 464 g/mol. The lowest BCUT2D eigenvalue weighted by molar-refractivity contribution is -0.143. The van der Waals surface area contributed by atoms with Gasteiger partial charge in [-0.05, 0) is 69.5 Å². The van der Waals surface area contributed by atoms with Crippen LogP contribution in [0.3, 0.4) is 0 Å². The van der Waals surface area contributed by atoms with Gasteiger partial charge in [0, 0.05) is 48.8 Å². The lowest BCUT2D eigenvalue weighted by atomic mass is 9.95. The van der Waals surface area contributed by atoms with E-state index < -0.39 is 23.9 Å². The Kier molecular flexibility index (Phi) is 7.46. The van der Waals surface area contributed by atoms with Gasteiger partial charge in [0.25, 0.3) is 5.92 Å². The topological polar surface area (TPSA) is 91.2 Å². The summed E-state index contributed by atoms with van der Waals surface area (Å²) >= 11 is 0. The fourth-order valence-corrected chi connectivity index (χ4v) is 5.67. The largest absolute Gasteiger partial charge is 0.480 e. The van der Waals surface area contributed by atoms with Crippen molar-refractivity contribution < 1.29 is 18.7 Å². The Labute approximate surface area is 210 Å². The molecule has 2 aromatic heterocycles. The monoisotopic (exact) mass is 499 g/mol. The Balaban J connectivity index is 1.11. The molecular formula is C27H35F2N5O2. The van der Waals surface area contributed by atoms with Gasteiger partial charge in [-0.25, -0.2) is 23.7 Å². The average Bonchev–Trinajstić information content (AvgIpc) is 3.60. The molecule has 194 valence electrons. The third kappa shape index (κ3) is 5.66. The van der Waals surface area contributed by atoms with Gasteiger partial charge < -0.3 is 10.4 Å². The summed E-state index contributed by atoms with van der Waals surface area (Å²) in [4.78, 5) is 26.9. The van der Waals surface area contributed by atoms with Crippen molar-refractivity contribution in [3.8, 4) is 0 Å². The number of aromatic nitrogens is 3. The molecule has 0 spiro atoms. The number of unbranched alkanes of at least 4 members (excludes halogenated alkanes) is 2. The molecule has 3 aliphatic rings. The van der Waals surface area contributed by atoms with Crippen LogP contribution in [0.25, 0.3) is 0 Å². The first kappa shape index (κ1) is 25.0. The van der Waals surface area contributed by atoms with Crippen molar-refractivity contribution in [1.29, 1.82) is 0 Å². The summed E-state index contributed by atoms with van der Waals surface area (Å²) in [5, 5.41) is 13.3. The van der Waals surface area contributed by atoms with Gasteiger partial charge >= 0.3 is 5.97 Å². The van der Waals surface area contributed by atoms with Crippen LogP contribution in [-0.4, -0.2) is 56.5 Å². The number of halogens is 2. The van der Waals surface area contributed by atoms with Gasteiger partial charge in [-0.1, -0.05) is 12.5 Å². The highest BCUT2D eigenvalue weighted by Gasteiger charge is 2.46. The first-order valence-electron chi connectivity index (χ1n) is 13.3. The minimum atomic E-state index is -2.81. The van der Waals surface area contributed by atoms with Crippen LogP contribution >= 0.6 is 0 Å². The molecule has 2 N–H and O–H groups in total. The number of anilines is 1. The summed E-state index contributed by atoms with van der Waals surface area (Å²) in [5.41, 5.74) is 3.58. The summed E-state index contributed by atoms with van der Waals surface area (Å²) in [6.07, 6.45) is 10.1. The van der Waals surface area contributed by atoms with Crippen LogP contribution < -0.4 is 5.32 Å². The molecule has 2 fully saturated rings. The number of nitrogens with one attached hydrogen (secondary N) is 1. The molecule has 0 aromatic carbocycles. The normalized spacial score (nSPS) is 21.1. The number of carboxylic acid groups (broad SMARTS) is 1. The van der Waals surface area contributed by atoms with E-state index in [-0.39, 0.29) is 18.9 Å². The molecule has 4 heterocycles. The number of alkyl halides is 2. The van der Waals surface area contributed by atoms with E-state index in [9.17, 15) is 9.90 Å². The number of hydrogen-bond acceptors (Lipinski definition) is 6. The zero-order valence-electron chi connectivity index (χ0n) is 20.6. The van der Waals surface area contributed by atoms with Crippen LogP contribution in [0.4, 0.5) is 14.6 Å². The zero-order valence-corrected chi connectivity index (χ0v) is 20.6. The Morgan fingerprint density at radius 3 is 2.89 bits per heavy atom. The second-order valence-corrected chi connectivity index (χ2v) is 10.5. The standard InChI is InChI=1S/C27H35F2N5O2/c28-27(29,12-3-1-2-6-21-10-9-19-5-4-13-31-25(19)33-21)20-11-14-34(16-20)24(26(35)36)22-15-30-17-32-23(22)18-7-8-18/h9-10,15,17-18,20,24H,1-8,11-14,16H2,(H,31,33)(H,35,36). The van der Waals surface area contributed by atoms with Gasteiger partial charge in [0.1, 0.15) is 18.2 Å². The van der Waals surface area contributed by atoms with E-state index in [4.69, 9.17) is 0 Å². The van der Waals surface area contributed by atoms with Gasteiger partial charge in [-0.3, -0.25) is 9.69 Å². The fourth-order valence-electron chi connectivity index (χ4n) is 5.67. The molecule has 2 unspecified atom stereocenters. The Bertz CT molecular complexity index is 1080. The molecule has 0 amide bonds. The second kappa shape index (κ2) is 10.7. The van der Waals surface area contributed by atoms with E-state index in [1.807, 2.05) is 0 Å². The maximum Gasteiger partial charge on any atom is 0.325 e. The van der Waals surface area contributed by atoms with Crippen molar-refractivity contribution in [2.24, 2.45) is 5.92 Å². The third-order valence-electron chi connectivity index (χ3n) is 7.84. The van der Waals surface area contributed by atoms with Crippen LogP contribution in [0.5, 0.6) is 0 Å². The number of pyridine rings is 1. The summed E-state index contributed by atoms with van der Waals surface area (Å²) < 4.78 is 30.2. The number of rotatable bonds is 11. The predicted octanol–water partition coefficient (Wildman–Crippen LogP) is 4.99. The molecule has 1 saturated carbocycles. The van der Waals surface area contributed by atoms with Crippen molar-refractivity contribution in [3.05, 3.63) is 47.2 Å². The minimum absolute atomic E-state index is 0.0784. The molecule has 5 rings (SSSR count). The highest BCUT2D eigenvalue weighted by molar-refractivity contribution is 5.76. The lowest BCUT2D eigenvalue weighted by Crippen LogP contribution is -2.36. The molecule has 7 nitrogen and oxygen atoms in total. The van der Waals surface area contributed by atoms with E-state index >= 15 is 8.78 Å². The average molecular weight is 500 g/mol. The lowest BCUT2D eigenvalue weighted by Gasteiger charge is -2.27. The number of hydrogen-bond donors (Lipinski definition) is 2. The number of carboxylic acids is 1. The van der Waals surface area contributed by atoms with Gasteiger partial charge in [0.2, 0.25) is 0 Å². The predicted molar refractivity (Wildman–Crippen MR) is 132 cm³/mol. The molecule has 2 aromatic rings. The first-order chi connectivity index (χ1) is 17.4. The van der Waals surface area contributed by atoms with E-state index in [0.29, 0.717) is 24.9 Å². The molecule has 2 aliphatic heterocycles. The van der Waals surface area contributed by atoms with E-state index in [0.717, 1.165) is 68.7 Å². The highest BCUT2D eigenvalue weighted by atomic mass is 19.3. The van der Waals surface area contributed by atoms with Gasteiger partial charge in [0.15, 0.2) is 0 Å². The second-order valence-electron chi connectivity index (χ2n) is 10.5. The molecule has 36 heavy (non-hydrogen) atoms. The zero-order chi connectivity index (χ0) is 25.1. The van der Waals surface area contributed by atoms with Gasteiger partial charge in [-0.2, -0.15) is 0 Å². The number of likely N-dealkylation sites (tertiary alicyclic amines) is 1. The molecule has 1 aliphatic carbocycles. The van der Waals surface area contributed by atoms with Crippen molar-refractivity contribution in [1.82, 2.24) is 19.9 Å². The highest BCUT2D eigenvalue weighted by Crippen LogP contribution is 2.44. The molecule has 0 radical (unpaired) electrons. The van der Waals surface area contributed by atoms with E-state index in [1.165, 1.54) is 11.9 Å². The molecule has 2 atom stereocenters. The summed E-state index contributed by atoms with van der Waals surface area (Å²) in [5.74, 6) is -3.43. The summed E-state index contributed by atoms with van der Waals surface area (Å²) in [6.45, 7) is 1.37. The maximum absolute atomic E-state index is 15.1. The Morgan fingerprint density at radius 2 is 2.08 bits per heavy atom. The summed E-state index contributed by atoms with van der Waals surface area (Å²) in [7, 11) is 0. The quantitative estimate of drug-likeness (QED) is 0.421. The Morgan fingerprint density at radius 1 is 1.22 bits per heavy atom. The first-order valence-corrected chi connectivity index (χ1v) is 13.3. The van der Waals surface area contributed by atoms with Crippen LogP contribution in [0.1, 0.15) is 85.8 Å². The third-order valence-corrected chi connectivity index (χ3v) is 7.84. The van der Waals surface area contributed by atoms with Crippen LogP contribution in [-0.2, 0) is 17.6 Å². The SMILES string of the molecule is O=C(O)C(c1cncnc1C1CC1)N1CCC(C(F)(F)CCCCCc2ccc3c(n2)NCCC3)C1. The smallest absolute Gasteiger partial charge is 0.325 e. The van der Waals surface area contributed by atoms with Crippen molar-refractivity contribution >= 4 is 11.8 Å². The van der Waals surface area contributed by atoms with Crippen molar-refractivity contribution in [3.63, 3.8) is 0 Å². The fraction of sp³-hybridized carbons (Fsp3) is 0.630. The Hall–Kier alpha value is -2.68. The number of nitrogens with zero attached hydrogens (tertiary/aromatic N) is 4. The molecule has 1 saturated heterocycles. The number of carbonyl (C=O) groups is 1. The number of fused-ring (bicyclic) bond motifs is 1. The van der Waals surface area contributed by atoms with Crippen molar-refractivity contribution in [2.45, 2.75) is 82.1 Å². The van der Waals surface area contributed by atoms with E-state index in [2.05, 4.69) is 32.4 Å².